The Hall–Kier alpha value is -2.66. The molecule has 8 heteroatoms. The van der Waals surface area contributed by atoms with Crippen LogP contribution in [0.25, 0.3) is 4.85 Å². The first-order valence-corrected chi connectivity index (χ1v) is 9.62. The minimum atomic E-state index is -0.738. The Morgan fingerprint density at radius 2 is 2.07 bits per heavy atom. The maximum atomic E-state index is 7.32. The highest BCUT2D eigenvalue weighted by Crippen LogP contribution is 2.27. The fourth-order valence-corrected chi connectivity index (χ4v) is 3.25. The zero-order valence-electron chi connectivity index (χ0n) is 17.0. The number of nitrogens with zero attached hydrogens (tertiary/aromatic N) is 5. The van der Waals surface area contributed by atoms with Crippen LogP contribution in [0.4, 0.5) is 11.6 Å². The van der Waals surface area contributed by atoms with Crippen LogP contribution < -0.4 is 10.1 Å². The number of rotatable bonds is 7. The molecular formula is C20H28N6O2. The van der Waals surface area contributed by atoms with Crippen molar-refractivity contribution >= 4 is 11.6 Å². The van der Waals surface area contributed by atoms with Crippen LogP contribution in [0.3, 0.4) is 0 Å². The lowest BCUT2D eigenvalue weighted by atomic mass is 9.88. The van der Waals surface area contributed by atoms with E-state index in [4.69, 9.17) is 16.0 Å². The summed E-state index contributed by atoms with van der Waals surface area (Å²) >= 11 is 0. The number of aromatic nitrogens is 4. The second kappa shape index (κ2) is 8.57. The third-order valence-electron chi connectivity index (χ3n) is 5.20. The molecule has 2 heterocycles. The van der Waals surface area contributed by atoms with Gasteiger partial charge >= 0.3 is 5.66 Å². The van der Waals surface area contributed by atoms with E-state index in [2.05, 4.69) is 25.2 Å². The minimum absolute atomic E-state index is 0.392. The monoisotopic (exact) mass is 384 g/mol. The molecule has 2 aromatic heterocycles. The zero-order chi connectivity index (χ0) is 20.1. The fourth-order valence-electron chi connectivity index (χ4n) is 3.25. The molecule has 0 saturated heterocycles. The van der Waals surface area contributed by atoms with E-state index in [9.17, 15) is 0 Å². The summed E-state index contributed by atoms with van der Waals surface area (Å²) in [6, 6.07) is 1.77. The summed E-state index contributed by atoms with van der Waals surface area (Å²) in [7, 11) is 1.78. The number of hydrogen-bond donors (Lipinski definition) is 1. The van der Waals surface area contributed by atoms with Crippen LogP contribution in [-0.2, 0) is 10.4 Å². The predicted molar refractivity (Wildman–Crippen MR) is 106 cm³/mol. The lowest BCUT2D eigenvalue weighted by Crippen LogP contribution is -2.24. The van der Waals surface area contributed by atoms with E-state index >= 15 is 0 Å². The van der Waals surface area contributed by atoms with E-state index in [-0.39, 0.29) is 0 Å². The highest BCUT2D eigenvalue weighted by Gasteiger charge is 2.27. The van der Waals surface area contributed by atoms with Crippen LogP contribution in [0.5, 0.6) is 5.88 Å². The van der Waals surface area contributed by atoms with Crippen molar-refractivity contribution in [2.24, 2.45) is 5.92 Å². The normalized spacial score (nSPS) is 19.8. The highest BCUT2D eigenvalue weighted by molar-refractivity contribution is 5.55. The summed E-state index contributed by atoms with van der Waals surface area (Å²) in [5, 5.41) is 7.60. The molecule has 1 aliphatic carbocycles. The number of hydrogen-bond acceptors (Lipinski definition) is 6. The average Bonchev–Trinajstić information content (AvgIpc) is 3.08. The van der Waals surface area contributed by atoms with Crippen molar-refractivity contribution < 1.29 is 9.47 Å². The van der Waals surface area contributed by atoms with Crippen LogP contribution >= 0.6 is 0 Å². The van der Waals surface area contributed by atoms with Gasteiger partial charge in [0.25, 0.3) is 0 Å². The van der Waals surface area contributed by atoms with Gasteiger partial charge in [-0.15, -0.1) is 0 Å². The Balaban J connectivity index is 1.60. The molecule has 0 aliphatic heterocycles. The SMILES string of the molecule is [C-]#[N+]C(C)(C)n1cc(Nc2nccc(OCC3CCC(OC)CC3)n2)c(C)n1. The van der Waals surface area contributed by atoms with Crippen molar-refractivity contribution in [2.75, 3.05) is 19.0 Å². The molecule has 150 valence electrons. The summed E-state index contributed by atoms with van der Waals surface area (Å²) in [5.41, 5.74) is 0.812. The maximum Gasteiger partial charge on any atom is 0.319 e. The topological polar surface area (TPSA) is 78.5 Å². The zero-order valence-corrected chi connectivity index (χ0v) is 17.0. The number of nitrogens with one attached hydrogen (secondary N) is 1. The Kier molecular flexibility index (Phi) is 6.15. The lowest BCUT2D eigenvalue weighted by molar-refractivity contribution is 0.0478. The summed E-state index contributed by atoms with van der Waals surface area (Å²) in [4.78, 5) is 12.3. The number of methoxy groups -OCH3 is 1. The van der Waals surface area contributed by atoms with Crippen LogP contribution in [0.2, 0.25) is 0 Å². The molecule has 1 fully saturated rings. The van der Waals surface area contributed by atoms with E-state index in [0.717, 1.165) is 37.1 Å². The Morgan fingerprint density at radius 3 is 2.75 bits per heavy atom. The molecule has 28 heavy (non-hydrogen) atoms. The van der Waals surface area contributed by atoms with Crippen LogP contribution in [0, 0.1) is 19.4 Å². The number of ether oxygens (including phenoxy) is 2. The molecule has 0 bridgehead atoms. The smallest absolute Gasteiger partial charge is 0.319 e. The predicted octanol–water partition coefficient (Wildman–Crippen LogP) is 3.92. The van der Waals surface area contributed by atoms with Crippen molar-refractivity contribution in [2.45, 2.75) is 58.2 Å². The molecule has 0 spiro atoms. The molecule has 0 unspecified atom stereocenters. The number of anilines is 2. The standard InChI is InChI=1S/C20H28N6O2/c1-14-17(12-26(25-14)20(2,3)21-4)23-19-22-11-10-18(24-19)28-13-15-6-8-16(27-5)9-7-15/h10-12,15-16H,6-9,13H2,1-3,5H3,(H,22,23,24). The largest absolute Gasteiger partial charge is 0.477 e. The molecule has 3 rings (SSSR count). The van der Waals surface area contributed by atoms with Crippen molar-refractivity contribution in [3.63, 3.8) is 0 Å². The maximum absolute atomic E-state index is 7.32. The van der Waals surface area contributed by atoms with Crippen molar-refractivity contribution in [1.82, 2.24) is 19.7 Å². The summed E-state index contributed by atoms with van der Waals surface area (Å²) in [6.07, 6.45) is 8.28. The number of aryl methyl sites for hydroxylation is 1. The summed E-state index contributed by atoms with van der Waals surface area (Å²) < 4.78 is 13.0. The van der Waals surface area contributed by atoms with Gasteiger partial charge in [-0.05, 0) is 38.5 Å². The van der Waals surface area contributed by atoms with Gasteiger partial charge in [0.05, 0.1) is 30.3 Å². The quantitative estimate of drug-likeness (QED) is 0.729. The fraction of sp³-hybridized carbons (Fsp3) is 0.600. The van der Waals surface area contributed by atoms with Crippen molar-refractivity contribution in [3.05, 3.63) is 35.6 Å². The van der Waals surface area contributed by atoms with Gasteiger partial charge in [-0.1, -0.05) is 0 Å². The molecule has 0 atom stereocenters. The van der Waals surface area contributed by atoms with Gasteiger partial charge in [0.1, 0.15) is 0 Å². The molecule has 0 aromatic carbocycles. The molecular weight excluding hydrogens is 356 g/mol. The first-order chi connectivity index (χ1) is 13.4. The van der Waals surface area contributed by atoms with Gasteiger partial charge in [-0.2, -0.15) is 14.8 Å². The van der Waals surface area contributed by atoms with Crippen LogP contribution in [0.1, 0.15) is 45.2 Å². The van der Waals surface area contributed by atoms with Crippen molar-refractivity contribution in [1.29, 1.82) is 0 Å². The summed E-state index contributed by atoms with van der Waals surface area (Å²) in [6.45, 7) is 13.5. The van der Waals surface area contributed by atoms with Gasteiger partial charge < -0.3 is 14.8 Å². The molecule has 2 aromatic rings. The molecule has 0 radical (unpaired) electrons. The van der Waals surface area contributed by atoms with Gasteiger partial charge in [-0.25, -0.2) is 11.6 Å². The Labute approximate surface area is 166 Å². The van der Waals surface area contributed by atoms with Gasteiger partial charge in [-0.3, -0.25) is 4.85 Å². The van der Waals surface area contributed by atoms with E-state index < -0.39 is 5.66 Å². The second-order valence-corrected chi connectivity index (χ2v) is 7.71. The van der Waals surface area contributed by atoms with Crippen LogP contribution in [-0.4, -0.2) is 39.6 Å². The molecule has 1 saturated carbocycles. The Bertz CT molecular complexity index is 833. The van der Waals surface area contributed by atoms with Gasteiger partial charge in [0.2, 0.25) is 11.8 Å². The molecule has 0 amide bonds. The van der Waals surface area contributed by atoms with Gasteiger partial charge in [0, 0.05) is 33.2 Å². The minimum Gasteiger partial charge on any atom is -0.477 e. The van der Waals surface area contributed by atoms with Crippen LogP contribution in [0.15, 0.2) is 18.5 Å². The third kappa shape index (κ3) is 4.78. The van der Waals surface area contributed by atoms with E-state index in [1.807, 2.05) is 20.8 Å². The van der Waals surface area contributed by atoms with E-state index in [1.165, 1.54) is 0 Å². The third-order valence-corrected chi connectivity index (χ3v) is 5.20. The molecule has 1 aliphatic rings. The van der Waals surface area contributed by atoms with Crippen molar-refractivity contribution in [3.8, 4) is 5.88 Å². The lowest BCUT2D eigenvalue weighted by Gasteiger charge is -2.27. The van der Waals surface area contributed by atoms with Gasteiger partial charge in [0.15, 0.2) is 0 Å². The molecule has 1 N–H and O–H groups in total. The average molecular weight is 384 g/mol. The highest BCUT2D eigenvalue weighted by atomic mass is 16.5. The second-order valence-electron chi connectivity index (χ2n) is 7.71. The van der Waals surface area contributed by atoms with E-state index in [0.29, 0.717) is 30.5 Å². The first kappa shape index (κ1) is 20.1. The van der Waals surface area contributed by atoms with E-state index in [1.54, 1.807) is 30.3 Å². The molecule has 8 nitrogen and oxygen atoms in total. The Morgan fingerprint density at radius 1 is 1.32 bits per heavy atom. The first-order valence-electron chi connectivity index (χ1n) is 9.62. The summed E-state index contributed by atoms with van der Waals surface area (Å²) in [5.74, 6) is 1.54.